The van der Waals surface area contributed by atoms with Crippen LogP contribution in [-0.2, 0) is 18.6 Å². The Bertz CT molecular complexity index is 47.4. The Morgan fingerprint density at radius 2 is 0.519 bits per heavy atom. The summed E-state index contributed by atoms with van der Waals surface area (Å²) in [6, 6.07) is 0. The molecule has 0 nitrogen and oxygen atoms in total. The number of hydrogen-bond donors (Lipinski definition) is 0. The molecule has 0 fully saturated rings. The molecule has 0 bridgehead atoms. The van der Waals surface area contributed by atoms with Crippen LogP contribution in [0, 0.1) is 5.92 Å². The molecular formula is C26H74V. The summed E-state index contributed by atoms with van der Waals surface area (Å²) < 4.78 is 0. The topological polar surface area (TPSA) is 0 Å². The minimum Gasteiger partial charge on any atom is -0.106 e. The molecule has 0 aliphatic rings. The first-order chi connectivity index (χ1) is 9.68. The zero-order valence-corrected chi connectivity index (χ0v) is 19.1. The Kier molecular flexibility index (Phi) is 3260. The van der Waals surface area contributed by atoms with Gasteiger partial charge in [-0.1, -0.05) is 134 Å². The molecule has 0 aliphatic heterocycles. The van der Waals surface area contributed by atoms with Gasteiger partial charge in [-0.05, 0) is 5.92 Å². The quantitative estimate of drug-likeness (QED) is 0.358. The first kappa shape index (κ1) is 128. The Labute approximate surface area is 197 Å². The van der Waals surface area contributed by atoms with Gasteiger partial charge >= 0.3 is 0 Å². The molecule has 0 N–H and O–H groups in total. The Morgan fingerprint density at radius 1 is 0.481 bits per heavy atom. The van der Waals surface area contributed by atoms with E-state index in [1.807, 2.05) is 41.5 Å². The molecule has 0 amide bonds. The molecule has 0 aromatic carbocycles. The first-order valence-corrected chi connectivity index (χ1v) is 8.18. The third-order valence-electron chi connectivity index (χ3n) is 0.816. The summed E-state index contributed by atoms with van der Waals surface area (Å²) >= 11 is 0. The van der Waals surface area contributed by atoms with Crippen molar-refractivity contribution in [2.45, 2.75) is 134 Å². The summed E-state index contributed by atoms with van der Waals surface area (Å²) in [6.45, 7) is 40.9. The SMILES string of the molecule is C.C.C.C.C.C.C=C.C=C.C=C.CC.CC.CC.CCC.CCC(C)C.[V]. The van der Waals surface area contributed by atoms with Gasteiger partial charge in [-0.15, -0.1) is 39.5 Å². The van der Waals surface area contributed by atoms with Gasteiger partial charge in [0.1, 0.15) is 0 Å². The van der Waals surface area contributed by atoms with E-state index in [-0.39, 0.29) is 63.1 Å². The van der Waals surface area contributed by atoms with E-state index >= 15 is 0 Å². The first-order valence-electron chi connectivity index (χ1n) is 8.18. The van der Waals surface area contributed by atoms with Gasteiger partial charge in [0, 0.05) is 18.6 Å². The standard InChI is InChI=1S/C5H12.C3H8.3C2H6.3C2H4.6CH4.V/c1-4-5(2)3;1-3-2;6*1-2;;;;;;;/h5H,4H2,1-3H3;3H2,1-2H3;3*1-2H3;3*1-2H2;6*1H4;. The average molecular weight is 438 g/mol. The predicted molar refractivity (Wildman–Crippen MR) is 149 cm³/mol. The number of rotatable bonds is 1. The largest absolute Gasteiger partial charge is 0.106 e. The van der Waals surface area contributed by atoms with Crippen LogP contribution in [0.15, 0.2) is 39.5 Å². The van der Waals surface area contributed by atoms with Crippen molar-refractivity contribution >= 4 is 0 Å². The van der Waals surface area contributed by atoms with E-state index in [4.69, 9.17) is 0 Å². The van der Waals surface area contributed by atoms with Gasteiger partial charge in [-0.2, -0.15) is 0 Å². The summed E-state index contributed by atoms with van der Waals surface area (Å²) in [5.74, 6) is 0.884. The molecule has 0 unspecified atom stereocenters. The van der Waals surface area contributed by atoms with Gasteiger partial charge in [-0.25, -0.2) is 0 Å². The minimum absolute atomic E-state index is 0. The maximum Gasteiger partial charge on any atom is 0 e. The smallest absolute Gasteiger partial charge is 0 e. The van der Waals surface area contributed by atoms with Crippen LogP contribution in [0.4, 0.5) is 0 Å². The van der Waals surface area contributed by atoms with Crippen LogP contribution in [0.25, 0.3) is 0 Å². The second-order valence-electron chi connectivity index (χ2n) is 2.51. The Morgan fingerprint density at radius 3 is 0.519 bits per heavy atom. The van der Waals surface area contributed by atoms with Crippen molar-refractivity contribution in [2.24, 2.45) is 5.92 Å². The van der Waals surface area contributed by atoms with E-state index < -0.39 is 0 Å². The van der Waals surface area contributed by atoms with Gasteiger partial charge in [0.05, 0.1) is 0 Å². The fourth-order valence-corrected chi connectivity index (χ4v) is 0. The average Bonchev–Trinajstić information content (AvgIpc) is 2.59. The number of hydrogen-bond acceptors (Lipinski definition) is 0. The van der Waals surface area contributed by atoms with E-state index in [2.05, 4.69) is 74.1 Å². The van der Waals surface area contributed by atoms with E-state index in [1.54, 1.807) is 0 Å². The van der Waals surface area contributed by atoms with Crippen molar-refractivity contribution in [2.75, 3.05) is 0 Å². The van der Waals surface area contributed by atoms with Crippen LogP contribution >= 0.6 is 0 Å². The Balaban J connectivity index is -0.00000000466. The maximum absolute atomic E-state index is 3.00. The molecule has 0 aliphatic carbocycles. The van der Waals surface area contributed by atoms with Gasteiger partial charge in [0.15, 0.2) is 0 Å². The molecule has 27 heavy (non-hydrogen) atoms. The summed E-state index contributed by atoms with van der Waals surface area (Å²) in [5.41, 5.74) is 0. The van der Waals surface area contributed by atoms with Gasteiger partial charge < -0.3 is 0 Å². The van der Waals surface area contributed by atoms with E-state index in [0.717, 1.165) is 5.92 Å². The molecule has 0 heterocycles. The second-order valence-corrected chi connectivity index (χ2v) is 2.51. The molecule has 0 saturated carbocycles. The van der Waals surface area contributed by atoms with Crippen molar-refractivity contribution in [3.8, 4) is 0 Å². The van der Waals surface area contributed by atoms with E-state index in [9.17, 15) is 0 Å². The Hall–Kier alpha value is -0.196. The molecule has 0 atom stereocenters. The molecule has 1 heteroatoms. The van der Waals surface area contributed by atoms with Gasteiger partial charge in [0.2, 0.25) is 0 Å². The molecule has 0 spiro atoms. The molecule has 0 rings (SSSR count). The third kappa shape index (κ3) is 4490. The monoisotopic (exact) mass is 438 g/mol. The van der Waals surface area contributed by atoms with Crippen molar-refractivity contribution in [3.05, 3.63) is 39.5 Å². The van der Waals surface area contributed by atoms with Gasteiger partial charge in [0.25, 0.3) is 0 Å². The van der Waals surface area contributed by atoms with E-state index in [1.165, 1.54) is 12.8 Å². The zero-order chi connectivity index (χ0) is 19.0. The normalized spacial score (nSPS) is 3.56. The van der Waals surface area contributed by atoms with Crippen LogP contribution in [0.5, 0.6) is 0 Å². The molecule has 0 aromatic heterocycles. The van der Waals surface area contributed by atoms with Crippen molar-refractivity contribution in [1.82, 2.24) is 0 Å². The summed E-state index contributed by atoms with van der Waals surface area (Å²) in [4.78, 5) is 0. The summed E-state index contributed by atoms with van der Waals surface area (Å²) in [5, 5.41) is 0. The second kappa shape index (κ2) is 688. The summed E-state index contributed by atoms with van der Waals surface area (Å²) in [7, 11) is 0. The predicted octanol–water partition coefficient (Wildman–Crippen LogP) is 12.8. The molecule has 1 radical (unpaired) electrons. The fourth-order valence-electron chi connectivity index (χ4n) is 0. The van der Waals surface area contributed by atoms with Crippen LogP contribution in [0.1, 0.15) is 134 Å². The molecular weight excluding hydrogens is 363 g/mol. The molecule has 0 saturated heterocycles. The van der Waals surface area contributed by atoms with Crippen LogP contribution in [0.3, 0.4) is 0 Å². The molecule has 183 valence electrons. The van der Waals surface area contributed by atoms with Gasteiger partial charge in [-0.3, -0.25) is 0 Å². The van der Waals surface area contributed by atoms with Crippen molar-refractivity contribution in [3.63, 3.8) is 0 Å². The summed E-state index contributed by atoms with van der Waals surface area (Å²) in [6.07, 6.45) is 2.56. The van der Waals surface area contributed by atoms with Crippen LogP contribution < -0.4 is 0 Å². The van der Waals surface area contributed by atoms with Crippen molar-refractivity contribution in [1.29, 1.82) is 0 Å². The van der Waals surface area contributed by atoms with Crippen molar-refractivity contribution < 1.29 is 18.6 Å². The maximum atomic E-state index is 3.00. The minimum atomic E-state index is 0. The van der Waals surface area contributed by atoms with Crippen LogP contribution in [-0.4, -0.2) is 0 Å². The third-order valence-corrected chi connectivity index (χ3v) is 0.816. The zero-order valence-electron chi connectivity index (χ0n) is 17.7. The van der Waals surface area contributed by atoms with Crippen LogP contribution in [0.2, 0.25) is 0 Å². The van der Waals surface area contributed by atoms with E-state index in [0.29, 0.717) is 0 Å². The fraction of sp³-hybridized carbons (Fsp3) is 0.769. The molecule has 0 aromatic rings.